The Balaban J connectivity index is 4.13. The molecule has 0 aliphatic heterocycles. The molecule has 6 heteroatoms. The molecule has 0 aliphatic carbocycles. The van der Waals surface area contributed by atoms with E-state index in [-0.39, 0.29) is 25.2 Å². The zero-order chi connectivity index (χ0) is 13.4. The summed E-state index contributed by atoms with van der Waals surface area (Å²) >= 11 is 0. The minimum Gasteiger partial charge on any atom is -0.481 e. The molecule has 0 heterocycles. The zero-order valence-corrected chi connectivity index (χ0v) is 10.1. The van der Waals surface area contributed by atoms with Gasteiger partial charge in [-0.2, -0.15) is 0 Å². The van der Waals surface area contributed by atoms with Crippen LogP contribution < -0.4 is 5.32 Å². The van der Waals surface area contributed by atoms with Crippen LogP contribution in [0.1, 0.15) is 39.5 Å². The number of nitrogens with one attached hydrogen (secondary N) is 1. The van der Waals surface area contributed by atoms with Crippen molar-refractivity contribution in [3.05, 3.63) is 0 Å². The minimum absolute atomic E-state index is 0.0342. The predicted octanol–water partition coefficient (Wildman–Crippen LogP) is 0.857. The number of hydrogen-bond donors (Lipinski definition) is 3. The van der Waals surface area contributed by atoms with Crippen molar-refractivity contribution in [2.45, 2.75) is 45.6 Å². The number of amides is 1. The van der Waals surface area contributed by atoms with Crippen molar-refractivity contribution in [1.82, 2.24) is 5.32 Å². The molecule has 0 rings (SSSR count). The van der Waals surface area contributed by atoms with Crippen molar-refractivity contribution < 1.29 is 24.6 Å². The van der Waals surface area contributed by atoms with Gasteiger partial charge in [0.2, 0.25) is 5.91 Å². The van der Waals surface area contributed by atoms with Crippen molar-refractivity contribution >= 4 is 17.8 Å². The second-order valence-corrected chi connectivity index (χ2v) is 4.02. The lowest BCUT2D eigenvalue weighted by molar-refractivity contribution is -0.143. The minimum atomic E-state index is -1.06. The average Bonchev–Trinajstić information content (AvgIpc) is 2.24. The number of carboxylic acid groups (broad SMARTS) is 2. The van der Waals surface area contributed by atoms with E-state index >= 15 is 0 Å². The summed E-state index contributed by atoms with van der Waals surface area (Å²) in [6.45, 7) is 3.59. The third kappa shape index (κ3) is 6.55. The van der Waals surface area contributed by atoms with Crippen LogP contribution in [-0.2, 0) is 14.4 Å². The topological polar surface area (TPSA) is 104 Å². The van der Waals surface area contributed by atoms with Crippen molar-refractivity contribution in [1.29, 1.82) is 0 Å². The van der Waals surface area contributed by atoms with E-state index in [1.54, 1.807) is 6.92 Å². The van der Waals surface area contributed by atoms with Crippen LogP contribution in [0.5, 0.6) is 0 Å². The highest BCUT2D eigenvalue weighted by Crippen LogP contribution is 2.08. The molecule has 6 nitrogen and oxygen atoms in total. The molecule has 98 valence electrons. The van der Waals surface area contributed by atoms with E-state index in [9.17, 15) is 14.4 Å². The Kier molecular flexibility index (Phi) is 6.93. The van der Waals surface area contributed by atoms with E-state index in [2.05, 4.69) is 5.32 Å². The summed E-state index contributed by atoms with van der Waals surface area (Å²) in [5.74, 6) is -2.60. The first-order valence-electron chi connectivity index (χ1n) is 5.62. The van der Waals surface area contributed by atoms with Gasteiger partial charge in [0.25, 0.3) is 0 Å². The Hall–Kier alpha value is -1.59. The first kappa shape index (κ1) is 15.4. The monoisotopic (exact) mass is 245 g/mol. The molecular formula is C11H19NO5. The molecule has 0 saturated heterocycles. The quantitative estimate of drug-likeness (QED) is 0.588. The van der Waals surface area contributed by atoms with Gasteiger partial charge in [-0.15, -0.1) is 0 Å². The number of aliphatic carboxylic acids is 2. The van der Waals surface area contributed by atoms with Gasteiger partial charge in [-0.3, -0.25) is 9.59 Å². The van der Waals surface area contributed by atoms with Gasteiger partial charge in [-0.1, -0.05) is 20.3 Å². The molecule has 0 aliphatic rings. The summed E-state index contributed by atoms with van der Waals surface area (Å²) in [6.07, 6.45) is 0.807. The van der Waals surface area contributed by atoms with E-state index in [1.165, 1.54) is 0 Å². The lowest BCUT2D eigenvalue weighted by atomic mass is 9.99. The molecule has 0 unspecified atom stereocenters. The molecule has 0 fully saturated rings. The number of hydrogen-bond acceptors (Lipinski definition) is 3. The smallest absolute Gasteiger partial charge is 0.326 e. The summed E-state index contributed by atoms with van der Waals surface area (Å²) in [5, 5.41) is 19.7. The highest BCUT2D eigenvalue weighted by atomic mass is 16.4. The van der Waals surface area contributed by atoms with Crippen molar-refractivity contribution in [2.24, 2.45) is 5.92 Å². The van der Waals surface area contributed by atoms with Gasteiger partial charge in [0.05, 0.1) is 0 Å². The maximum Gasteiger partial charge on any atom is 0.326 e. The first-order valence-corrected chi connectivity index (χ1v) is 5.62. The number of carbonyl (C=O) groups is 3. The van der Waals surface area contributed by atoms with Crippen LogP contribution in [0.4, 0.5) is 0 Å². The lowest BCUT2D eigenvalue weighted by Gasteiger charge is -2.19. The van der Waals surface area contributed by atoms with Crippen LogP contribution in [0.25, 0.3) is 0 Å². The summed E-state index contributed by atoms with van der Waals surface area (Å²) in [5.41, 5.74) is 0. The largest absolute Gasteiger partial charge is 0.481 e. The predicted molar refractivity (Wildman–Crippen MR) is 60.5 cm³/mol. The maximum absolute atomic E-state index is 11.4. The number of carbonyl (C=O) groups excluding carboxylic acids is 1. The third-order valence-electron chi connectivity index (χ3n) is 2.59. The Morgan fingerprint density at radius 1 is 1.18 bits per heavy atom. The molecule has 0 aromatic rings. The second kappa shape index (κ2) is 7.65. The molecule has 2 atom stereocenters. The Bertz CT molecular complexity index is 290. The van der Waals surface area contributed by atoms with Gasteiger partial charge in [-0.25, -0.2) is 4.79 Å². The van der Waals surface area contributed by atoms with E-state index in [0.29, 0.717) is 6.42 Å². The van der Waals surface area contributed by atoms with Crippen LogP contribution in [0.2, 0.25) is 0 Å². The highest BCUT2D eigenvalue weighted by molar-refractivity contribution is 5.83. The van der Waals surface area contributed by atoms with Gasteiger partial charge >= 0.3 is 11.9 Å². The molecule has 0 aromatic carbocycles. The summed E-state index contributed by atoms with van der Waals surface area (Å²) < 4.78 is 0. The van der Waals surface area contributed by atoms with Gasteiger partial charge < -0.3 is 15.5 Å². The standard InChI is InChI=1S/C11H19NO5/c1-3-7(2)10(11(16)17)12-8(13)5-4-6-9(14)15/h7,10H,3-6H2,1-2H3,(H,12,13)(H,14,15)(H,16,17)/t7-,10-/m0/s1. The van der Waals surface area contributed by atoms with Gasteiger partial charge in [-0.05, 0) is 12.3 Å². The fourth-order valence-corrected chi connectivity index (χ4v) is 1.33. The summed E-state index contributed by atoms with van der Waals surface area (Å²) in [6, 6.07) is -0.905. The van der Waals surface area contributed by atoms with Crippen molar-refractivity contribution in [2.75, 3.05) is 0 Å². The normalized spacial score (nSPS) is 13.8. The fraction of sp³-hybridized carbons (Fsp3) is 0.727. The molecule has 3 N–H and O–H groups in total. The van der Waals surface area contributed by atoms with Crippen LogP contribution >= 0.6 is 0 Å². The molecular weight excluding hydrogens is 226 g/mol. The van der Waals surface area contributed by atoms with E-state index in [4.69, 9.17) is 10.2 Å². The highest BCUT2D eigenvalue weighted by Gasteiger charge is 2.24. The average molecular weight is 245 g/mol. The molecule has 1 amide bonds. The molecule has 17 heavy (non-hydrogen) atoms. The first-order chi connectivity index (χ1) is 7.88. The maximum atomic E-state index is 11.4. The van der Waals surface area contributed by atoms with Crippen LogP contribution in [-0.4, -0.2) is 34.1 Å². The molecule has 0 spiro atoms. The van der Waals surface area contributed by atoms with E-state index in [0.717, 1.165) is 0 Å². The van der Waals surface area contributed by atoms with Gasteiger partial charge in [0.1, 0.15) is 6.04 Å². The van der Waals surface area contributed by atoms with Gasteiger partial charge in [0, 0.05) is 12.8 Å². The number of carboxylic acids is 2. The molecule has 0 bridgehead atoms. The molecule has 0 aromatic heterocycles. The van der Waals surface area contributed by atoms with Crippen molar-refractivity contribution in [3.63, 3.8) is 0 Å². The zero-order valence-electron chi connectivity index (χ0n) is 10.1. The lowest BCUT2D eigenvalue weighted by Crippen LogP contribution is -2.44. The summed E-state index contributed by atoms with van der Waals surface area (Å²) in [7, 11) is 0. The van der Waals surface area contributed by atoms with Crippen molar-refractivity contribution in [3.8, 4) is 0 Å². The molecule has 0 radical (unpaired) electrons. The van der Waals surface area contributed by atoms with E-state index in [1.807, 2.05) is 6.92 Å². The second-order valence-electron chi connectivity index (χ2n) is 4.02. The fourth-order valence-electron chi connectivity index (χ4n) is 1.33. The summed E-state index contributed by atoms with van der Waals surface area (Å²) in [4.78, 5) is 32.5. The Morgan fingerprint density at radius 2 is 1.76 bits per heavy atom. The van der Waals surface area contributed by atoms with Crippen LogP contribution in [0, 0.1) is 5.92 Å². The molecule has 0 saturated carbocycles. The van der Waals surface area contributed by atoms with E-state index < -0.39 is 23.9 Å². The Labute approximate surface area is 100 Å². The third-order valence-corrected chi connectivity index (χ3v) is 2.59. The van der Waals surface area contributed by atoms with Crippen LogP contribution in [0.3, 0.4) is 0 Å². The van der Waals surface area contributed by atoms with Crippen LogP contribution in [0.15, 0.2) is 0 Å². The van der Waals surface area contributed by atoms with Gasteiger partial charge in [0.15, 0.2) is 0 Å². The Morgan fingerprint density at radius 3 is 2.18 bits per heavy atom. The number of rotatable bonds is 8. The SMILES string of the molecule is CC[C@H](C)[C@H](NC(=O)CCCC(=O)O)C(=O)O.